The van der Waals surface area contributed by atoms with Crippen LogP contribution >= 0.6 is 23.2 Å². The number of hydrogen-bond acceptors (Lipinski definition) is 4. The number of carbonyl (C=O) groups is 2. The van der Waals surface area contributed by atoms with E-state index in [4.69, 9.17) is 23.2 Å². The summed E-state index contributed by atoms with van der Waals surface area (Å²) >= 11 is 12.4. The molecule has 0 bridgehead atoms. The van der Waals surface area contributed by atoms with Gasteiger partial charge in [0.1, 0.15) is 12.6 Å². The second-order valence-electron chi connectivity index (χ2n) is 7.93. The number of carbonyl (C=O) groups excluding carboxylic acids is 2. The third-order valence-corrected chi connectivity index (χ3v) is 7.03. The van der Waals surface area contributed by atoms with Gasteiger partial charge in [0.25, 0.3) is 0 Å². The van der Waals surface area contributed by atoms with Gasteiger partial charge in [0.05, 0.1) is 11.9 Å². The van der Waals surface area contributed by atoms with Gasteiger partial charge in [-0.3, -0.25) is 13.9 Å². The predicted octanol–water partition coefficient (Wildman–Crippen LogP) is 4.48. The minimum atomic E-state index is -3.81. The van der Waals surface area contributed by atoms with Gasteiger partial charge in [0.2, 0.25) is 21.8 Å². The Morgan fingerprint density at radius 2 is 1.76 bits per heavy atom. The zero-order chi connectivity index (χ0) is 25.3. The lowest BCUT2D eigenvalue weighted by Crippen LogP contribution is -2.52. The van der Waals surface area contributed by atoms with E-state index in [9.17, 15) is 18.0 Å². The Labute approximate surface area is 212 Å². The third kappa shape index (κ3) is 7.89. The van der Waals surface area contributed by atoms with E-state index in [1.54, 1.807) is 42.5 Å². The number of sulfonamides is 1. The van der Waals surface area contributed by atoms with Crippen LogP contribution in [0, 0.1) is 0 Å². The summed E-state index contributed by atoms with van der Waals surface area (Å²) in [5.41, 5.74) is 0.924. The Bertz CT molecular complexity index is 1100. The van der Waals surface area contributed by atoms with Gasteiger partial charge in [0.15, 0.2) is 0 Å². The molecule has 0 heterocycles. The first kappa shape index (κ1) is 28.0. The van der Waals surface area contributed by atoms with E-state index >= 15 is 0 Å². The summed E-state index contributed by atoms with van der Waals surface area (Å²) in [6.45, 7) is 3.90. The third-order valence-electron chi connectivity index (χ3n) is 5.29. The van der Waals surface area contributed by atoms with E-state index in [2.05, 4.69) is 5.32 Å². The van der Waals surface area contributed by atoms with Gasteiger partial charge in [-0.2, -0.15) is 0 Å². The molecule has 7 nitrogen and oxygen atoms in total. The van der Waals surface area contributed by atoms with Gasteiger partial charge in [-0.25, -0.2) is 8.42 Å². The monoisotopic (exact) mass is 527 g/mol. The molecule has 1 atom stereocenters. The summed E-state index contributed by atoms with van der Waals surface area (Å²) in [7, 11) is -3.81. The maximum atomic E-state index is 13.6. The molecule has 0 fully saturated rings. The highest BCUT2D eigenvalue weighted by atomic mass is 35.5. The number of hydrogen-bond donors (Lipinski definition) is 1. The van der Waals surface area contributed by atoms with Crippen LogP contribution in [0.5, 0.6) is 0 Å². The SMILES string of the molecule is CCCCNC(=O)C(CC)N(Cc1ccccc1Cl)C(=O)CN(c1cccc(Cl)c1)S(C)(=O)=O. The molecule has 0 aliphatic carbocycles. The van der Waals surface area contributed by atoms with Crippen molar-refractivity contribution < 1.29 is 18.0 Å². The lowest BCUT2D eigenvalue weighted by molar-refractivity contribution is -0.140. The van der Waals surface area contributed by atoms with Crippen LogP contribution in [0.25, 0.3) is 0 Å². The molecule has 0 spiro atoms. The molecule has 0 aromatic heterocycles. The van der Waals surface area contributed by atoms with Crippen molar-refractivity contribution in [2.24, 2.45) is 0 Å². The maximum Gasteiger partial charge on any atom is 0.244 e. The van der Waals surface area contributed by atoms with Crippen LogP contribution in [0.4, 0.5) is 5.69 Å². The summed E-state index contributed by atoms with van der Waals surface area (Å²) in [6, 6.07) is 12.5. The second-order valence-corrected chi connectivity index (χ2v) is 10.7. The standard InChI is InChI=1S/C24H31Cl2N3O4S/c1-4-6-14-27-24(31)22(5-2)28(16-18-10-7-8-13-21(18)26)23(30)17-29(34(3,32)33)20-12-9-11-19(25)15-20/h7-13,15,22H,4-6,14,16-17H2,1-3H3,(H,27,31). The van der Waals surface area contributed by atoms with Gasteiger partial charge >= 0.3 is 0 Å². The summed E-state index contributed by atoms with van der Waals surface area (Å²) in [6.07, 6.45) is 3.11. The van der Waals surface area contributed by atoms with Crippen LogP contribution < -0.4 is 9.62 Å². The van der Waals surface area contributed by atoms with E-state index in [-0.39, 0.29) is 18.1 Å². The van der Waals surface area contributed by atoms with Crippen LogP contribution in [-0.2, 0) is 26.2 Å². The van der Waals surface area contributed by atoms with Gasteiger partial charge in [-0.1, -0.05) is 67.7 Å². The molecule has 2 aromatic carbocycles. The van der Waals surface area contributed by atoms with Gasteiger partial charge in [-0.15, -0.1) is 0 Å². The first-order valence-corrected chi connectivity index (χ1v) is 13.7. The topological polar surface area (TPSA) is 86.8 Å². The lowest BCUT2D eigenvalue weighted by Gasteiger charge is -2.33. The number of amides is 2. The number of nitrogens with one attached hydrogen (secondary N) is 1. The highest BCUT2D eigenvalue weighted by molar-refractivity contribution is 7.92. The first-order valence-electron chi connectivity index (χ1n) is 11.1. The molecule has 2 rings (SSSR count). The summed E-state index contributed by atoms with van der Waals surface area (Å²) in [5, 5.41) is 3.67. The zero-order valence-electron chi connectivity index (χ0n) is 19.6. The van der Waals surface area contributed by atoms with Crippen molar-refractivity contribution in [3.63, 3.8) is 0 Å². The minimum absolute atomic E-state index is 0.0609. The summed E-state index contributed by atoms with van der Waals surface area (Å²) in [4.78, 5) is 27.9. The highest BCUT2D eigenvalue weighted by Gasteiger charge is 2.32. The van der Waals surface area contributed by atoms with Crippen LogP contribution in [0.15, 0.2) is 48.5 Å². The molecule has 34 heavy (non-hydrogen) atoms. The largest absolute Gasteiger partial charge is 0.354 e. The summed E-state index contributed by atoms with van der Waals surface area (Å²) in [5.74, 6) is -0.812. The summed E-state index contributed by atoms with van der Waals surface area (Å²) < 4.78 is 26.1. The Morgan fingerprint density at radius 3 is 2.35 bits per heavy atom. The molecule has 186 valence electrons. The molecule has 1 unspecified atom stereocenters. The molecule has 10 heteroatoms. The van der Waals surface area contributed by atoms with Crippen molar-refractivity contribution in [1.29, 1.82) is 0 Å². The van der Waals surface area contributed by atoms with E-state index in [0.29, 0.717) is 28.6 Å². The Balaban J connectivity index is 2.41. The minimum Gasteiger partial charge on any atom is -0.354 e. The zero-order valence-corrected chi connectivity index (χ0v) is 22.0. The molecule has 2 amide bonds. The molecule has 0 saturated carbocycles. The molecule has 1 N–H and O–H groups in total. The number of unbranched alkanes of at least 4 members (excludes halogenated alkanes) is 1. The van der Waals surface area contributed by atoms with Gasteiger partial charge in [0, 0.05) is 23.1 Å². The second kappa shape index (κ2) is 13.0. The molecular weight excluding hydrogens is 497 g/mol. The normalized spacial score (nSPS) is 12.1. The van der Waals surface area contributed by atoms with Crippen LogP contribution in [-0.4, -0.2) is 50.5 Å². The Kier molecular flexibility index (Phi) is 10.7. The molecule has 0 aliphatic rings. The van der Waals surface area contributed by atoms with Gasteiger partial charge < -0.3 is 10.2 Å². The molecule has 0 saturated heterocycles. The van der Waals surface area contributed by atoms with Crippen molar-refractivity contribution in [1.82, 2.24) is 10.2 Å². The number of benzene rings is 2. The Hall–Kier alpha value is -2.29. The van der Waals surface area contributed by atoms with Crippen molar-refractivity contribution in [2.75, 3.05) is 23.7 Å². The first-order chi connectivity index (χ1) is 16.1. The number of rotatable bonds is 12. The number of nitrogens with zero attached hydrogens (tertiary/aromatic N) is 2. The van der Waals surface area contributed by atoms with Crippen molar-refractivity contribution >= 4 is 50.7 Å². The number of halogens is 2. The van der Waals surface area contributed by atoms with Crippen molar-refractivity contribution in [3.8, 4) is 0 Å². The predicted molar refractivity (Wildman–Crippen MR) is 138 cm³/mol. The molecule has 2 aromatic rings. The molecule has 0 aliphatic heterocycles. The Morgan fingerprint density at radius 1 is 1.06 bits per heavy atom. The number of anilines is 1. The molecular formula is C24H31Cl2N3O4S. The molecule has 0 radical (unpaired) electrons. The fourth-order valence-electron chi connectivity index (χ4n) is 3.48. The smallest absolute Gasteiger partial charge is 0.244 e. The van der Waals surface area contributed by atoms with Crippen LogP contribution in [0.1, 0.15) is 38.7 Å². The van der Waals surface area contributed by atoms with Crippen molar-refractivity contribution in [3.05, 3.63) is 64.1 Å². The average molecular weight is 529 g/mol. The van der Waals surface area contributed by atoms with Crippen LogP contribution in [0.3, 0.4) is 0 Å². The van der Waals surface area contributed by atoms with Gasteiger partial charge in [-0.05, 0) is 42.7 Å². The van der Waals surface area contributed by atoms with E-state index in [1.165, 1.54) is 11.0 Å². The quantitative estimate of drug-likeness (QED) is 0.412. The maximum absolute atomic E-state index is 13.6. The fraction of sp³-hybridized carbons (Fsp3) is 0.417. The lowest BCUT2D eigenvalue weighted by atomic mass is 10.1. The average Bonchev–Trinajstić information content (AvgIpc) is 2.77. The van der Waals surface area contributed by atoms with E-state index in [1.807, 2.05) is 13.8 Å². The van der Waals surface area contributed by atoms with E-state index in [0.717, 1.165) is 23.4 Å². The van der Waals surface area contributed by atoms with Crippen molar-refractivity contribution in [2.45, 2.75) is 45.7 Å². The highest BCUT2D eigenvalue weighted by Crippen LogP contribution is 2.24. The van der Waals surface area contributed by atoms with Crippen LogP contribution in [0.2, 0.25) is 10.0 Å². The van der Waals surface area contributed by atoms with E-state index < -0.39 is 28.5 Å². The fourth-order valence-corrected chi connectivity index (χ4v) is 4.70.